The number of benzene rings is 1. The average molecular weight is 484 g/mol. The lowest BCUT2D eigenvalue weighted by Gasteiger charge is -2.19. The Balaban J connectivity index is 1.40. The monoisotopic (exact) mass is 483 g/mol. The SMILES string of the molecule is C[C@@H](Oc1ccc2[nH]nc(-c3cnc(N4CCCNCC4)nc3)c2c1)c1c(Cl)cncc1Cl. The van der Waals surface area contributed by atoms with Crippen LogP contribution in [0.3, 0.4) is 0 Å². The number of hydrogen-bond acceptors (Lipinski definition) is 7. The molecular weight excluding hydrogens is 461 g/mol. The van der Waals surface area contributed by atoms with Crippen molar-refractivity contribution < 1.29 is 4.74 Å². The number of pyridine rings is 1. The van der Waals surface area contributed by atoms with Gasteiger partial charge in [0.25, 0.3) is 0 Å². The molecule has 2 N–H and O–H groups in total. The van der Waals surface area contributed by atoms with E-state index < -0.39 is 0 Å². The van der Waals surface area contributed by atoms with Crippen LogP contribution in [0, 0.1) is 0 Å². The smallest absolute Gasteiger partial charge is 0.225 e. The number of fused-ring (bicyclic) bond motifs is 1. The van der Waals surface area contributed by atoms with Gasteiger partial charge in [-0.25, -0.2) is 9.97 Å². The molecule has 4 heterocycles. The predicted molar refractivity (Wildman–Crippen MR) is 130 cm³/mol. The molecule has 1 aromatic carbocycles. The summed E-state index contributed by atoms with van der Waals surface area (Å²) in [5, 5.41) is 12.8. The van der Waals surface area contributed by atoms with E-state index in [0.29, 0.717) is 21.4 Å². The fraction of sp³-hybridized carbons (Fsp3) is 0.304. The van der Waals surface area contributed by atoms with Gasteiger partial charge in [0, 0.05) is 60.9 Å². The van der Waals surface area contributed by atoms with Crippen molar-refractivity contribution in [3.05, 3.63) is 58.6 Å². The molecule has 0 saturated carbocycles. The molecule has 0 bridgehead atoms. The Hall–Kier alpha value is -2.94. The highest BCUT2D eigenvalue weighted by Crippen LogP contribution is 2.34. The lowest BCUT2D eigenvalue weighted by atomic mass is 10.1. The molecule has 3 aromatic heterocycles. The number of ether oxygens (including phenoxy) is 1. The molecule has 1 fully saturated rings. The highest BCUT2D eigenvalue weighted by atomic mass is 35.5. The van der Waals surface area contributed by atoms with E-state index >= 15 is 0 Å². The fourth-order valence-corrected chi connectivity index (χ4v) is 4.68. The van der Waals surface area contributed by atoms with Crippen LogP contribution in [0.15, 0.2) is 43.0 Å². The summed E-state index contributed by atoms with van der Waals surface area (Å²) in [6, 6.07) is 5.77. The fourth-order valence-electron chi connectivity index (χ4n) is 4.01. The van der Waals surface area contributed by atoms with E-state index in [-0.39, 0.29) is 6.10 Å². The molecular formula is C23H23Cl2N7O. The minimum Gasteiger partial charge on any atom is -0.486 e. The molecule has 33 heavy (non-hydrogen) atoms. The van der Waals surface area contributed by atoms with E-state index in [0.717, 1.165) is 60.7 Å². The minimum absolute atomic E-state index is 0.355. The minimum atomic E-state index is -0.355. The molecule has 0 spiro atoms. The van der Waals surface area contributed by atoms with Crippen molar-refractivity contribution in [2.75, 3.05) is 31.1 Å². The van der Waals surface area contributed by atoms with Crippen LogP contribution in [-0.4, -0.2) is 51.3 Å². The molecule has 5 rings (SSSR count). The topological polar surface area (TPSA) is 91.8 Å². The largest absolute Gasteiger partial charge is 0.486 e. The number of nitrogens with one attached hydrogen (secondary N) is 2. The van der Waals surface area contributed by atoms with E-state index in [9.17, 15) is 0 Å². The zero-order chi connectivity index (χ0) is 22.8. The van der Waals surface area contributed by atoms with E-state index in [1.807, 2.05) is 37.5 Å². The summed E-state index contributed by atoms with van der Waals surface area (Å²) in [4.78, 5) is 15.4. The van der Waals surface area contributed by atoms with Crippen molar-refractivity contribution in [1.29, 1.82) is 0 Å². The third kappa shape index (κ3) is 4.59. The van der Waals surface area contributed by atoms with Crippen molar-refractivity contribution in [2.24, 2.45) is 0 Å². The molecule has 1 saturated heterocycles. The Morgan fingerprint density at radius 2 is 1.82 bits per heavy atom. The summed E-state index contributed by atoms with van der Waals surface area (Å²) in [5.74, 6) is 1.42. The van der Waals surface area contributed by atoms with Gasteiger partial charge in [0.2, 0.25) is 5.95 Å². The first-order valence-electron chi connectivity index (χ1n) is 10.8. The second-order valence-corrected chi connectivity index (χ2v) is 8.73. The summed E-state index contributed by atoms with van der Waals surface area (Å²) < 4.78 is 6.16. The molecule has 1 aliphatic rings. The highest BCUT2D eigenvalue weighted by Gasteiger charge is 2.18. The zero-order valence-corrected chi connectivity index (χ0v) is 19.6. The van der Waals surface area contributed by atoms with Gasteiger partial charge in [0.1, 0.15) is 17.5 Å². The normalized spacial score (nSPS) is 15.4. The molecule has 0 unspecified atom stereocenters. The van der Waals surface area contributed by atoms with Crippen molar-refractivity contribution in [2.45, 2.75) is 19.4 Å². The first-order chi connectivity index (χ1) is 16.1. The maximum Gasteiger partial charge on any atom is 0.225 e. The Morgan fingerprint density at radius 3 is 2.61 bits per heavy atom. The van der Waals surface area contributed by atoms with Gasteiger partial charge in [-0.05, 0) is 38.1 Å². The molecule has 1 atom stereocenters. The standard InChI is InChI=1S/C23H23Cl2N7O/c1-14(21-18(24)12-27-13-19(21)25)33-16-3-4-20-17(9-16)22(31-30-20)15-10-28-23(29-11-15)32-7-2-5-26-6-8-32/h3-4,9-14,26H,2,5-8H2,1H3,(H,30,31)/t14-/m1/s1. The van der Waals surface area contributed by atoms with Crippen molar-refractivity contribution in [3.8, 4) is 17.0 Å². The van der Waals surface area contributed by atoms with Gasteiger partial charge in [-0.1, -0.05) is 23.2 Å². The second kappa shape index (κ2) is 9.51. The first kappa shape index (κ1) is 21.9. The summed E-state index contributed by atoms with van der Waals surface area (Å²) in [6.45, 7) is 5.71. The molecule has 170 valence electrons. The third-order valence-electron chi connectivity index (χ3n) is 5.68. The maximum atomic E-state index is 6.29. The molecule has 8 nitrogen and oxygen atoms in total. The van der Waals surface area contributed by atoms with Crippen LogP contribution >= 0.6 is 23.2 Å². The van der Waals surface area contributed by atoms with Crippen LogP contribution in [0.25, 0.3) is 22.2 Å². The van der Waals surface area contributed by atoms with Gasteiger partial charge in [0.05, 0.1) is 15.6 Å². The number of nitrogens with zero attached hydrogens (tertiary/aromatic N) is 5. The summed E-state index contributed by atoms with van der Waals surface area (Å²) >= 11 is 12.6. The molecule has 0 aliphatic carbocycles. The van der Waals surface area contributed by atoms with Gasteiger partial charge in [-0.3, -0.25) is 10.1 Å². The Bertz CT molecular complexity index is 1230. The lowest BCUT2D eigenvalue weighted by Crippen LogP contribution is -2.29. The van der Waals surface area contributed by atoms with E-state index in [2.05, 4.69) is 35.4 Å². The van der Waals surface area contributed by atoms with Crippen molar-refractivity contribution in [1.82, 2.24) is 30.5 Å². The Labute approximate surface area is 201 Å². The zero-order valence-electron chi connectivity index (χ0n) is 18.1. The molecule has 0 amide bonds. The highest BCUT2D eigenvalue weighted by molar-refractivity contribution is 6.35. The van der Waals surface area contributed by atoms with Gasteiger partial charge in [-0.15, -0.1) is 0 Å². The number of aromatic amines is 1. The number of rotatable bonds is 5. The summed E-state index contributed by atoms with van der Waals surface area (Å²) in [6.07, 6.45) is 7.49. The Morgan fingerprint density at radius 1 is 1.03 bits per heavy atom. The van der Waals surface area contributed by atoms with Crippen LogP contribution in [0.5, 0.6) is 5.75 Å². The van der Waals surface area contributed by atoms with Crippen LogP contribution in [-0.2, 0) is 0 Å². The van der Waals surface area contributed by atoms with Gasteiger partial charge >= 0.3 is 0 Å². The number of anilines is 1. The Kier molecular flexibility index (Phi) is 6.30. The van der Waals surface area contributed by atoms with Crippen LogP contribution in [0.2, 0.25) is 10.0 Å². The van der Waals surface area contributed by atoms with E-state index in [1.54, 1.807) is 12.4 Å². The molecule has 0 radical (unpaired) electrons. The molecule has 1 aliphatic heterocycles. The van der Waals surface area contributed by atoms with E-state index in [4.69, 9.17) is 27.9 Å². The first-order valence-corrected chi connectivity index (χ1v) is 11.6. The van der Waals surface area contributed by atoms with Gasteiger partial charge < -0.3 is 15.0 Å². The van der Waals surface area contributed by atoms with Crippen LogP contribution < -0.4 is 15.0 Å². The van der Waals surface area contributed by atoms with Gasteiger partial charge in [0.15, 0.2) is 0 Å². The quantitative estimate of drug-likeness (QED) is 0.426. The summed E-state index contributed by atoms with van der Waals surface area (Å²) in [5.41, 5.74) is 3.21. The number of aromatic nitrogens is 5. The molecule has 10 heteroatoms. The number of H-pyrrole nitrogens is 1. The second-order valence-electron chi connectivity index (χ2n) is 7.92. The van der Waals surface area contributed by atoms with E-state index in [1.165, 1.54) is 0 Å². The molecule has 4 aromatic rings. The maximum absolute atomic E-state index is 6.29. The predicted octanol–water partition coefficient (Wildman–Crippen LogP) is 4.66. The van der Waals surface area contributed by atoms with Crippen LogP contribution in [0.4, 0.5) is 5.95 Å². The third-order valence-corrected chi connectivity index (χ3v) is 6.28. The van der Waals surface area contributed by atoms with Crippen molar-refractivity contribution in [3.63, 3.8) is 0 Å². The summed E-state index contributed by atoms with van der Waals surface area (Å²) in [7, 11) is 0. The van der Waals surface area contributed by atoms with Crippen LogP contribution in [0.1, 0.15) is 25.0 Å². The van der Waals surface area contributed by atoms with Crippen molar-refractivity contribution >= 4 is 40.1 Å². The average Bonchev–Trinajstić information content (AvgIpc) is 3.04. The van der Waals surface area contributed by atoms with Gasteiger partial charge in [-0.2, -0.15) is 5.10 Å². The number of halogens is 2. The lowest BCUT2D eigenvalue weighted by molar-refractivity contribution is 0.227. The number of hydrogen-bond donors (Lipinski definition) is 2.